The van der Waals surface area contributed by atoms with Crippen molar-refractivity contribution >= 4 is 19.8 Å². The Morgan fingerprint density at radius 3 is 0.932 bits per heavy atom. The molecule has 1 N–H and O–H groups in total. The summed E-state index contributed by atoms with van der Waals surface area (Å²) in [4.78, 5) is 35.8. The van der Waals surface area contributed by atoms with E-state index >= 15 is 0 Å². The Labute approximate surface area is 537 Å². The lowest BCUT2D eigenvalue weighted by Crippen LogP contribution is -2.37. The van der Waals surface area contributed by atoms with Gasteiger partial charge in [0.15, 0.2) is 6.10 Å². The normalized spacial score (nSPS) is 14.7. The number of phosphoric ester groups is 1. The Hall–Kier alpha value is -5.93. The Morgan fingerprint density at radius 2 is 0.625 bits per heavy atom. The second-order valence-electron chi connectivity index (χ2n) is 22.0. The molecule has 0 aliphatic rings. The van der Waals surface area contributed by atoms with Crippen LogP contribution in [0.1, 0.15) is 194 Å². The number of hydrogen-bond donors (Lipinski definition) is 1. The van der Waals surface area contributed by atoms with Gasteiger partial charge in [-0.15, -0.1) is 0 Å². The highest BCUT2D eigenvalue weighted by Crippen LogP contribution is 2.43. The molecular formula is C78H119NO8P+. The molecule has 10 heteroatoms. The summed E-state index contributed by atoms with van der Waals surface area (Å²) < 4.78 is 34.5. The van der Waals surface area contributed by atoms with Gasteiger partial charge in [0.2, 0.25) is 0 Å². The minimum atomic E-state index is -4.43. The highest BCUT2D eigenvalue weighted by atomic mass is 31.2. The Morgan fingerprint density at radius 1 is 0.352 bits per heavy atom. The lowest BCUT2D eigenvalue weighted by molar-refractivity contribution is -0.870. The molecule has 488 valence electrons. The van der Waals surface area contributed by atoms with Gasteiger partial charge in [-0.05, 0) is 154 Å². The largest absolute Gasteiger partial charge is 0.472 e. The topological polar surface area (TPSA) is 108 Å². The monoisotopic (exact) mass is 1230 g/mol. The molecule has 0 rings (SSSR count). The molecule has 0 fully saturated rings. The maximum Gasteiger partial charge on any atom is 0.472 e. The molecule has 9 nitrogen and oxygen atoms in total. The van der Waals surface area contributed by atoms with E-state index in [-0.39, 0.29) is 26.1 Å². The van der Waals surface area contributed by atoms with Crippen molar-refractivity contribution in [1.29, 1.82) is 0 Å². The SMILES string of the molecule is CC/C=C\C/C=C\C/C=C\C/C=C\C/C=C\C/C=C\C/C=C\C/C=C\C/C=C\C/C=C\C/C=C\C/C=C\CCCCCCC(=O)OC(COC(=O)CCC/C=C\C/C=C\C/C=C\C/C=C\C/C=C\C/C=C\C/C=C\CC)COP(=O)(O)OCC[N+](C)(C)C. The minimum Gasteiger partial charge on any atom is -0.462 e. The third-order valence-corrected chi connectivity index (χ3v) is 13.7. The van der Waals surface area contributed by atoms with Gasteiger partial charge in [0, 0.05) is 12.8 Å². The summed E-state index contributed by atoms with van der Waals surface area (Å²) in [6.45, 7) is 4.06. The molecule has 0 aromatic rings. The summed E-state index contributed by atoms with van der Waals surface area (Å²) in [6.07, 6.45) is 107. The summed E-state index contributed by atoms with van der Waals surface area (Å²) in [6, 6.07) is 0. The van der Waals surface area contributed by atoms with E-state index in [0.29, 0.717) is 23.9 Å². The van der Waals surface area contributed by atoms with Crippen LogP contribution < -0.4 is 0 Å². The first-order valence-corrected chi connectivity index (χ1v) is 34.6. The molecule has 0 aliphatic carbocycles. The van der Waals surface area contributed by atoms with E-state index in [9.17, 15) is 19.0 Å². The molecule has 0 saturated carbocycles. The van der Waals surface area contributed by atoms with Crippen LogP contribution in [-0.2, 0) is 32.7 Å². The van der Waals surface area contributed by atoms with Crippen LogP contribution in [0.25, 0.3) is 0 Å². The second kappa shape index (κ2) is 65.5. The molecule has 0 aliphatic heterocycles. The molecule has 0 saturated heterocycles. The lowest BCUT2D eigenvalue weighted by Gasteiger charge is -2.24. The number of hydrogen-bond acceptors (Lipinski definition) is 7. The van der Waals surface area contributed by atoms with Gasteiger partial charge in [-0.3, -0.25) is 18.6 Å². The highest BCUT2D eigenvalue weighted by molar-refractivity contribution is 7.47. The van der Waals surface area contributed by atoms with Gasteiger partial charge in [-0.25, -0.2) is 4.57 Å². The van der Waals surface area contributed by atoms with Gasteiger partial charge >= 0.3 is 19.8 Å². The third kappa shape index (κ3) is 69.2. The molecule has 2 atom stereocenters. The van der Waals surface area contributed by atoms with E-state index in [1.54, 1.807) is 0 Å². The third-order valence-electron chi connectivity index (χ3n) is 12.7. The molecule has 0 heterocycles. The number of ether oxygens (including phenoxy) is 2. The lowest BCUT2D eigenvalue weighted by atomic mass is 10.1. The fourth-order valence-electron chi connectivity index (χ4n) is 7.69. The zero-order chi connectivity index (χ0) is 64.1. The van der Waals surface area contributed by atoms with Crippen LogP contribution in [0.15, 0.2) is 231 Å². The van der Waals surface area contributed by atoms with Crippen molar-refractivity contribution in [3.05, 3.63) is 231 Å². The van der Waals surface area contributed by atoms with Crippen LogP contribution in [0, 0.1) is 0 Å². The summed E-state index contributed by atoms with van der Waals surface area (Å²) in [5, 5.41) is 0. The average molecular weight is 1230 g/mol. The van der Waals surface area contributed by atoms with Gasteiger partial charge in [0.1, 0.15) is 19.8 Å². The van der Waals surface area contributed by atoms with Gasteiger partial charge in [0.05, 0.1) is 27.7 Å². The molecule has 2 unspecified atom stereocenters. The summed E-state index contributed by atoms with van der Waals surface area (Å²) in [5.74, 6) is -0.919. The van der Waals surface area contributed by atoms with Gasteiger partial charge in [0.25, 0.3) is 0 Å². The quantitative estimate of drug-likeness (QED) is 0.0211. The van der Waals surface area contributed by atoms with Crippen LogP contribution in [0.2, 0.25) is 0 Å². The first-order valence-electron chi connectivity index (χ1n) is 33.1. The number of carbonyl (C=O) groups is 2. The molecule has 88 heavy (non-hydrogen) atoms. The van der Waals surface area contributed by atoms with E-state index in [4.69, 9.17) is 18.5 Å². The maximum absolute atomic E-state index is 12.8. The molecule has 0 bridgehead atoms. The standard InChI is InChI=1S/C78H118NO8P/c1-6-8-10-12-14-16-18-20-22-24-26-28-30-31-32-33-34-35-36-37-38-39-40-41-42-43-44-45-46-47-49-51-53-55-57-59-61-63-65-67-69-71-78(81)87-76(75-86-88(82,83)85-73-72-79(3,4)5)74-84-77(80)70-68-66-64-62-60-58-56-54-52-50-48-29-27-25-23-21-19-17-15-13-11-9-7-2/h8-11,14-17,20-23,26-29,31-32,34-35,37-38,40-41,43-44,46-47,50-53,56-59,62,64,76H,6-7,12-13,18-19,24-25,30,33,36,39,42,45,48-49,54-55,60-61,63,65-75H2,1-5H3/p+1/b10-8-,11-9-,16-14-,17-15-,22-20-,23-21-,28-26-,29-27-,32-31-,35-34-,38-37-,41-40-,44-43-,47-46-,52-50-,53-51-,58-56-,59-57-,64-62-. The number of rotatable bonds is 57. The molecule has 0 amide bonds. The number of nitrogens with zero attached hydrogens (tertiary/aromatic N) is 1. The Kier molecular flexibility index (Phi) is 61.1. The molecule has 0 aromatic carbocycles. The number of phosphoric acid groups is 1. The molecule has 0 spiro atoms. The summed E-state index contributed by atoms with van der Waals surface area (Å²) in [7, 11) is 1.39. The number of carbonyl (C=O) groups excluding carboxylic acids is 2. The number of quaternary nitrogens is 1. The van der Waals surface area contributed by atoms with Gasteiger partial charge in [-0.1, -0.05) is 258 Å². The summed E-state index contributed by atoms with van der Waals surface area (Å²) in [5.41, 5.74) is 0. The second-order valence-corrected chi connectivity index (χ2v) is 23.5. The van der Waals surface area contributed by atoms with Crippen molar-refractivity contribution in [3.8, 4) is 0 Å². The van der Waals surface area contributed by atoms with Crippen molar-refractivity contribution < 1.29 is 42.1 Å². The zero-order valence-electron chi connectivity index (χ0n) is 55.3. The highest BCUT2D eigenvalue weighted by Gasteiger charge is 2.27. The van der Waals surface area contributed by atoms with Crippen molar-refractivity contribution in [2.75, 3.05) is 47.5 Å². The van der Waals surface area contributed by atoms with E-state index < -0.39 is 32.5 Å². The van der Waals surface area contributed by atoms with Gasteiger partial charge < -0.3 is 18.9 Å². The van der Waals surface area contributed by atoms with Crippen molar-refractivity contribution in [2.24, 2.45) is 0 Å². The molecule has 0 aromatic heterocycles. The van der Waals surface area contributed by atoms with Crippen LogP contribution in [0.4, 0.5) is 0 Å². The van der Waals surface area contributed by atoms with E-state index in [1.165, 1.54) is 0 Å². The average Bonchev–Trinajstić information content (AvgIpc) is 3.58. The number of unbranched alkanes of at least 4 members (excludes halogenated alkanes) is 5. The van der Waals surface area contributed by atoms with Crippen LogP contribution in [0.3, 0.4) is 0 Å². The number of likely N-dealkylation sites (N-methyl/N-ethyl adjacent to an activating group) is 1. The van der Waals surface area contributed by atoms with Crippen LogP contribution >= 0.6 is 7.82 Å². The van der Waals surface area contributed by atoms with Crippen LogP contribution in [-0.4, -0.2) is 74.9 Å². The number of esters is 2. The fraction of sp³-hybridized carbons (Fsp3) is 0.487. The smallest absolute Gasteiger partial charge is 0.462 e. The van der Waals surface area contributed by atoms with Crippen molar-refractivity contribution in [3.63, 3.8) is 0 Å². The predicted molar refractivity (Wildman–Crippen MR) is 380 cm³/mol. The maximum atomic E-state index is 12.8. The van der Waals surface area contributed by atoms with E-state index in [1.807, 2.05) is 21.1 Å². The molecular weight excluding hydrogens is 1110 g/mol. The zero-order valence-corrected chi connectivity index (χ0v) is 56.2. The Balaban J connectivity index is 4.30. The fourth-order valence-corrected chi connectivity index (χ4v) is 8.43. The first-order chi connectivity index (χ1) is 43.0. The first kappa shape index (κ1) is 82.1. The minimum absolute atomic E-state index is 0.00312. The predicted octanol–water partition coefficient (Wildman–Crippen LogP) is 21.8. The van der Waals surface area contributed by atoms with E-state index in [0.717, 1.165) is 154 Å². The molecule has 0 radical (unpaired) electrons. The van der Waals surface area contributed by atoms with Crippen molar-refractivity contribution in [2.45, 2.75) is 200 Å². The summed E-state index contributed by atoms with van der Waals surface area (Å²) >= 11 is 0. The van der Waals surface area contributed by atoms with Gasteiger partial charge in [-0.2, -0.15) is 0 Å². The Bertz CT molecular complexity index is 2330. The van der Waals surface area contributed by atoms with Crippen molar-refractivity contribution in [1.82, 2.24) is 0 Å². The van der Waals surface area contributed by atoms with E-state index in [2.05, 4.69) is 245 Å². The number of allylic oxidation sites excluding steroid dienone is 38. The van der Waals surface area contributed by atoms with Crippen LogP contribution in [0.5, 0.6) is 0 Å².